The molecule has 3 rings (SSSR count). The summed E-state index contributed by atoms with van der Waals surface area (Å²) in [5, 5.41) is 13.6. The quantitative estimate of drug-likeness (QED) is 0.912. The van der Waals surface area contributed by atoms with Crippen LogP contribution in [0, 0.1) is 19.8 Å². The average molecular weight is 312 g/mol. The van der Waals surface area contributed by atoms with Crippen molar-refractivity contribution in [1.29, 1.82) is 0 Å². The normalized spacial score (nSPS) is 21.7. The molecule has 1 atom stereocenters. The van der Waals surface area contributed by atoms with E-state index in [0.29, 0.717) is 11.5 Å². The van der Waals surface area contributed by atoms with Gasteiger partial charge in [-0.3, -0.25) is 9.78 Å². The second-order valence-electron chi connectivity index (χ2n) is 6.66. The first kappa shape index (κ1) is 15.9. The number of aliphatic hydroxyl groups excluding tert-OH is 1. The number of amides is 1. The average Bonchev–Trinajstić information content (AvgIpc) is 2.50. The van der Waals surface area contributed by atoms with E-state index in [9.17, 15) is 9.90 Å². The number of fused-ring (bicyclic) bond motifs is 1. The van der Waals surface area contributed by atoms with E-state index >= 15 is 0 Å². The Morgan fingerprint density at radius 2 is 2.13 bits per heavy atom. The molecule has 1 aliphatic rings. The number of nitrogens with zero attached hydrogens (tertiary/aromatic N) is 1. The Bertz CT molecular complexity index is 735. The van der Waals surface area contributed by atoms with Crippen molar-refractivity contribution in [1.82, 2.24) is 10.3 Å². The number of aliphatic hydroxyl groups is 1. The number of pyridine rings is 1. The fourth-order valence-electron chi connectivity index (χ4n) is 3.47. The maximum atomic E-state index is 12.8. The molecule has 1 aromatic carbocycles. The zero-order valence-electron chi connectivity index (χ0n) is 14.0. The van der Waals surface area contributed by atoms with Crippen LogP contribution in [-0.4, -0.2) is 28.1 Å². The third kappa shape index (κ3) is 3.08. The molecule has 0 spiro atoms. The largest absolute Gasteiger partial charge is 0.393 e. The molecule has 0 radical (unpaired) electrons. The minimum atomic E-state index is -0.197. The molecular weight excluding hydrogens is 288 g/mol. The van der Waals surface area contributed by atoms with Crippen molar-refractivity contribution in [3.8, 4) is 0 Å². The van der Waals surface area contributed by atoms with E-state index in [-0.39, 0.29) is 18.1 Å². The van der Waals surface area contributed by atoms with Crippen LogP contribution in [0.2, 0.25) is 0 Å². The summed E-state index contributed by atoms with van der Waals surface area (Å²) in [6.07, 6.45) is 2.25. The zero-order valence-corrected chi connectivity index (χ0v) is 14.0. The van der Waals surface area contributed by atoms with Crippen LogP contribution in [0.3, 0.4) is 0 Å². The number of aromatic nitrogens is 1. The van der Waals surface area contributed by atoms with Gasteiger partial charge < -0.3 is 10.4 Å². The van der Waals surface area contributed by atoms with E-state index in [4.69, 9.17) is 0 Å². The van der Waals surface area contributed by atoms with E-state index < -0.39 is 0 Å². The topological polar surface area (TPSA) is 62.2 Å². The van der Waals surface area contributed by atoms with Gasteiger partial charge in [0.05, 0.1) is 17.2 Å². The van der Waals surface area contributed by atoms with Gasteiger partial charge in [-0.2, -0.15) is 0 Å². The number of rotatable bonds is 4. The van der Waals surface area contributed by atoms with Crippen LogP contribution in [0.4, 0.5) is 0 Å². The highest BCUT2D eigenvalue weighted by Crippen LogP contribution is 2.32. The zero-order chi connectivity index (χ0) is 16.6. The standard InChI is InChI=1S/C19H24N2O2/c1-4-17(13-9-14(22)10-13)21-19(23)16-8-12(3)20-18-11(2)6-5-7-15(16)18/h5-8,13-14,17,22H,4,9-10H2,1-3H3,(H,21,23). The Hall–Kier alpha value is -1.94. The molecule has 4 heteroatoms. The summed E-state index contributed by atoms with van der Waals surface area (Å²) >= 11 is 0. The monoisotopic (exact) mass is 312 g/mol. The van der Waals surface area contributed by atoms with Gasteiger partial charge in [0.2, 0.25) is 0 Å². The Morgan fingerprint density at radius 1 is 1.39 bits per heavy atom. The van der Waals surface area contributed by atoms with Crippen molar-refractivity contribution in [2.75, 3.05) is 0 Å². The fraction of sp³-hybridized carbons (Fsp3) is 0.474. The first-order valence-corrected chi connectivity index (χ1v) is 8.35. The lowest BCUT2D eigenvalue weighted by molar-refractivity contribution is 0.0233. The minimum Gasteiger partial charge on any atom is -0.393 e. The number of hydrogen-bond donors (Lipinski definition) is 2. The molecule has 1 fully saturated rings. The number of benzene rings is 1. The number of aryl methyl sites for hydroxylation is 2. The van der Waals surface area contributed by atoms with Crippen LogP contribution in [0.1, 0.15) is 47.8 Å². The fourth-order valence-corrected chi connectivity index (χ4v) is 3.47. The molecule has 4 nitrogen and oxygen atoms in total. The third-order valence-electron chi connectivity index (χ3n) is 4.89. The van der Waals surface area contributed by atoms with E-state index in [1.54, 1.807) is 0 Å². The van der Waals surface area contributed by atoms with Crippen molar-refractivity contribution in [3.63, 3.8) is 0 Å². The Kier molecular flexibility index (Phi) is 4.35. The van der Waals surface area contributed by atoms with E-state index in [1.165, 1.54) is 0 Å². The summed E-state index contributed by atoms with van der Waals surface area (Å²) in [5.41, 5.74) is 3.51. The van der Waals surface area contributed by atoms with Crippen molar-refractivity contribution in [3.05, 3.63) is 41.1 Å². The predicted molar refractivity (Wildman–Crippen MR) is 91.5 cm³/mol. The summed E-state index contributed by atoms with van der Waals surface area (Å²) in [7, 11) is 0. The molecule has 1 saturated carbocycles. The summed E-state index contributed by atoms with van der Waals surface area (Å²) in [6.45, 7) is 6.01. The number of para-hydroxylation sites is 1. The molecule has 122 valence electrons. The predicted octanol–water partition coefficient (Wildman–Crippen LogP) is 3.13. The number of hydrogen-bond acceptors (Lipinski definition) is 3. The molecule has 1 amide bonds. The van der Waals surface area contributed by atoms with Gasteiger partial charge in [-0.15, -0.1) is 0 Å². The molecule has 1 unspecified atom stereocenters. The van der Waals surface area contributed by atoms with Gasteiger partial charge in [0.15, 0.2) is 0 Å². The van der Waals surface area contributed by atoms with Crippen molar-refractivity contribution >= 4 is 16.8 Å². The van der Waals surface area contributed by atoms with E-state index in [2.05, 4.69) is 17.2 Å². The SMILES string of the molecule is CCC(NC(=O)c1cc(C)nc2c(C)cccc12)C1CC(O)C1. The summed E-state index contributed by atoms with van der Waals surface area (Å²) in [6, 6.07) is 7.92. The number of nitrogens with one attached hydrogen (secondary N) is 1. The van der Waals surface area contributed by atoms with Crippen LogP contribution in [0.15, 0.2) is 24.3 Å². The molecule has 1 aliphatic carbocycles. The van der Waals surface area contributed by atoms with Crippen molar-refractivity contribution in [2.24, 2.45) is 5.92 Å². The number of carbonyl (C=O) groups excluding carboxylic acids is 1. The number of carbonyl (C=O) groups is 1. The second kappa shape index (κ2) is 6.28. The van der Waals surface area contributed by atoms with Gasteiger partial charge in [0, 0.05) is 17.1 Å². The maximum Gasteiger partial charge on any atom is 0.252 e. The van der Waals surface area contributed by atoms with Crippen LogP contribution in [0.25, 0.3) is 10.9 Å². The smallest absolute Gasteiger partial charge is 0.252 e. The van der Waals surface area contributed by atoms with Crippen LogP contribution < -0.4 is 5.32 Å². The molecular formula is C19H24N2O2. The molecule has 2 aromatic rings. The van der Waals surface area contributed by atoms with E-state index in [1.807, 2.05) is 38.1 Å². The van der Waals surface area contributed by atoms with Gasteiger partial charge in [0.1, 0.15) is 0 Å². The van der Waals surface area contributed by atoms with Gasteiger partial charge >= 0.3 is 0 Å². The molecule has 1 aromatic heterocycles. The Labute approximate surface area is 136 Å². The summed E-state index contributed by atoms with van der Waals surface area (Å²) < 4.78 is 0. The Morgan fingerprint density at radius 3 is 2.78 bits per heavy atom. The summed E-state index contributed by atoms with van der Waals surface area (Å²) in [5.74, 6) is 0.342. The highest BCUT2D eigenvalue weighted by atomic mass is 16.3. The second-order valence-corrected chi connectivity index (χ2v) is 6.66. The van der Waals surface area contributed by atoms with Crippen LogP contribution >= 0.6 is 0 Å². The molecule has 23 heavy (non-hydrogen) atoms. The van der Waals surface area contributed by atoms with Gasteiger partial charge in [-0.25, -0.2) is 0 Å². The van der Waals surface area contributed by atoms with E-state index in [0.717, 1.165) is 41.4 Å². The van der Waals surface area contributed by atoms with Gasteiger partial charge in [-0.1, -0.05) is 25.1 Å². The van der Waals surface area contributed by atoms with Crippen molar-refractivity contribution in [2.45, 2.75) is 52.2 Å². The highest BCUT2D eigenvalue weighted by molar-refractivity contribution is 6.06. The molecule has 0 saturated heterocycles. The maximum absolute atomic E-state index is 12.8. The lowest BCUT2D eigenvalue weighted by atomic mass is 9.76. The highest BCUT2D eigenvalue weighted by Gasteiger charge is 2.34. The lowest BCUT2D eigenvalue weighted by Crippen LogP contribution is -2.46. The molecule has 1 heterocycles. The first-order valence-electron chi connectivity index (χ1n) is 8.35. The van der Waals surface area contributed by atoms with Crippen molar-refractivity contribution < 1.29 is 9.90 Å². The van der Waals surface area contributed by atoms with Crippen LogP contribution in [0.5, 0.6) is 0 Å². The molecule has 2 N–H and O–H groups in total. The lowest BCUT2D eigenvalue weighted by Gasteiger charge is -2.37. The van der Waals surface area contributed by atoms with Crippen LogP contribution in [-0.2, 0) is 0 Å². The summed E-state index contributed by atoms with van der Waals surface area (Å²) in [4.78, 5) is 17.4. The van der Waals surface area contributed by atoms with Gasteiger partial charge in [0.25, 0.3) is 5.91 Å². The first-order chi connectivity index (χ1) is 11.0. The Balaban J connectivity index is 1.90. The third-order valence-corrected chi connectivity index (χ3v) is 4.89. The van der Waals surface area contributed by atoms with Gasteiger partial charge in [-0.05, 0) is 50.7 Å². The minimum absolute atomic E-state index is 0.0423. The molecule has 0 aliphatic heterocycles. The molecule has 0 bridgehead atoms.